The van der Waals surface area contributed by atoms with Gasteiger partial charge in [-0.05, 0) is 88.4 Å². The molecule has 212 valence electrons. The fraction of sp³-hybridized carbons (Fsp3) is 0.333. The molecule has 1 aliphatic rings. The van der Waals surface area contributed by atoms with Crippen LogP contribution in [-0.4, -0.2) is 11.7 Å². The topological polar surface area (TPSA) is 40.0 Å². The van der Waals surface area contributed by atoms with Crippen LogP contribution >= 0.6 is 11.3 Å². The lowest BCUT2D eigenvalue weighted by atomic mass is 9.74. The molecule has 4 nitrogen and oxygen atoms in total. The van der Waals surface area contributed by atoms with E-state index >= 15 is 0 Å². The molecule has 5 rings (SSSR count). The molecule has 3 atom stereocenters. The maximum Gasteiger partial charge on any atom is 0.274 e. The summed E-state index contributed by atoms with van der Waals surface area (Å²) in [5.74, 6) is 0.220. The van der Waals surface area contributed by atoms with Gasteiger partial charge in [0, 0.05) is 42.1 Å². The third kappa shape index (κ3) is 5.48. The molecule has 41 heavy (non-hydrogen) atoms. The monoisotopic (exact) mass is 565 g/mol. The van der Waals surface area contributed by atoms with Gasteiger partial charge in [0.05, 0.1) is 11.3 Å². The summed E-state index contributed by atoms with van der Waals surface area (Å²) in [6.07, 6.45) is 8.60. The minimum Gasteiger partial charge on any atom is -0.495 e. The first-order chi connectivity index (χ1) is 19.5. The number of thiophene rings is 1. The molecule has 0 saturated heterocycles. The molecule has 4 aromatic rings. The lowest BCUT2D eigenvalue weighted by Gasteiger charge is -2.33. The zero-order valence-electron chi connectivity index (χ0n) is 25.3. The molecule has 0 aliphatic carbocycles. The number of pyridine rings is 2. The van der Waals surface area contributed by atoms with Crippen LogP contribution in [0.25, 0.3) is 27.2 Å². The van der Waals surface area contributed by atoms with Gasteiger partial charge >= 0.3 is 0 Å². The van der Waals surface area contributed by atoms with E-state index in [0.717, 1.165) is 18.5 Å². The quantitative estimate of drug-likeness (QED) is 0.122. The maximum atomic E-state index is 9.81. The van der Waals surface area contributed by atoms with Crippen molar-refractivity contribution in [3.8, 4) is 11.3 Å². The molecular formula is C36H43N3OS+2. The van der Waals surface area contributed by atoms with Crippen LogP contribution in [0.2, 0.25) is 0 Å². The highest BCUT2D eigenvalue weighted by molar-refractivity contribution is 7.16. The van der Waals surface area contributed by atoms with Crippen molar-refractivity contribution >= 4 is 27.3 Å². The summed E-state index contributed by atoms with van der Waals surface area (Å²) in [6.45, 7) is 22.2. The minimum absolute atomic E-state index is 0.0110. The lowest BCUT2D eigenvalue weighted by molar-refractivity contribution is -0.726. The molecular weight excluding hydrogens is 522 g/mol. The second-order valence-corrected chi connectivity index (χ2v) is 12.9. The summed E-state index contributed by atoms with van der Waals surface area (Å²) >= 11 is 1.77. The Morgan fingerprint density at radius 3 is 2.59 bits per heavy atom. The van der Waals surface area contributed by atoms with E-state index in [1.165, 1.54) is 49.4 Å². The van der Waals surface area contributed by atoms with Crippen LogP contribution in [0.5, 0.6) is 0 Å². The predicted molar refractivity (Wildman–Crippen MR) is 172 cm³/mol. The average molecular weight is 566 g/mol. The third-order valence-corrected chi connectivity index (χ3v) is 9.72. The number of nitrogens with zero attached hydrogens (tertiary/aromatic N) is 2. The zero-order valence-corrected chi connectivity index (χ0v) is 26.1. The Bertz CT molecular complexity index is 1680. The van der Waals surface area contributed by atoms with Crippen LogP contribution in [0.3, 0.4) is 0 Å². The number of aliphatic hydroxyl groups is 1. The first-order valence-electron chi connectivity index (χ1n) is 14.5. The number of aliphatic hydroxyl groups excluding tert-OH is 1. The second kappa shape index (κ2) is 11.3. The van der Waals surface area contributed by atoms with Crippen molar-refractivity contribution in [1.82, 2.24) is 5.32 Å². The van der Waals surface area contributed by atoms with Gasteiger partial charge in [-0.1, -0.05) is 48.1 Å². The Balaban J connectivity index is 1.70. The van der Waals surface area contributed by atoms with Crippen molar-refractivity contribution in [2.24, 2.45) is 5.41 Å². The summed E-state index contributed by atoms with van der Waals surface area (Å²) in [5.41, 5.74) is 9.92. The van der Waals surface area contributed by atoms with Gasteiger partial charge in [-0.25, -0.2) is 0 Å². The number of benzene rings is 1. The smallest absolute Gasteiger partial charge is 0.274 e. The van der Waals surface area contributed by atoms with Gasteiger partial charge < -0.3 is 10.4 Å². The van der Waals surface area contributed by atoms with Crippen molar-refractivity contribution in [1.29, 1.82) is 0 Å². The van der Waals surface area contributed by atoms with Gasteiger partial charge in [0.2, 0.25) is 11.7 Å². The molecule has 3 aromatic heterocycles. The minimum atomic E-state index is -0.152. The molecule has 0 spiro atoms. The number of allylic oxidation sites excluding steroid dienone is 2. The molecule has 5 heteroatoms. The normalized spacial score (nSPS) is 17.7. The number of aryl methyl sites for hydroxylation is 4. The van der Waals surface area contributed by atoms with Crippen molar-refractivity contribution in [3.63, 3.8) is 0 Å². The summed E-state index contributed by atoms with van der Waals surface area (Å²) in [5, 5.41) is 16.3. The van der Waals surface area contributed by atoms with Gasteiger partial charge in [0.1, 0.15) is 0 Å². The van der Waals surface area contributed by atoms with Crippen molar-refractivity contribution < 1.29 is 14.2 Å². The molecule has 0 radical (unpaired) electrons. The Hall–Kier alpha value is -3.70. The molecule has 4 heterocycles. The SMILES string of the molecule is C=C(O)NC[C@](C)(/C=C\C)CCC1c2cc(C)ccc2-c2cc(C)c(C)c[n+]2C1C(=C)[n+]1c(C)ccc2ccsc21. The third-order valence-electron chi connectivity index (χ3n) is 8.80. The predicted octanol–water partition coefficient (Wildman–Crippen LogP) is 8.17. The summed E-state index contributed by atoms with van der Waals surface area (Å²) < 4.78 is 4.87. The van der Waals surface area contributed by atoms with Gasteiger partial charge in [0.25, 0.3) is 10.5 Å². The molecule has 0 saturated carbocycles. The van der Waals surface area contributed by atoms with Crippen molar-refractivity contribution in [2.75, 3.05) is 6.54 Å². The van der Waals surface area contributed by atoms with E-state index in [1.54, 1.807) is 11.3 Å². The van der Waals surface area contributed by atoms with E-state index in [9.17, 15) is 5.11 Å². The number of rotatable bonds is 9. The second-order valence-electron chi connectivity index (χ2n) is 12.0. The van der Waals surface area contributed by atoms with Crippen molar-refractivity contribution in [3.05, 3.63) is 113 Å². The summed E-state index contributed by atoms with van der Waals surface area (Å²) in [7, 11) is 0. The molecule has 1 aromatic carbocycles. The highest BCUT2D eigenvalue weighted by atomic mass is 32.1. The molecule has 2 unspecified atom stereocenters. The van der Waals surface area contributed by atoms with Crippen LogP contribution in [0.15, 0.2) is 85.2 Å². The van der Waals surface area contributed by atoms with Crippen molar-refractivity contribution in [2.45, 2.75) is 66.3 Å². The van der Waals surface area contributed by atoms with Crippen LogP contribution in [-0.2, 0) is 0 Å². The summed E-state index contributed by atoms with van der Waals surface area (Å²) in [6, 6.07) is 15.9. The van der Waals surface area contributed by atoms with Gasteiger partial charge in [-0.2, -0.15) is 4.57 Å². The molecule has 0 fully saturated rings. The Kier molecular flexibility index (Phi) is 7.93. The van der Waals surface area contributed by atoms with Crippen LogP contribution in [0.1, 0.15) is 66.6 Å². The van der Waals surface area contributed by atoms with Gasteiger partial charge in [-0.3, -0.25) is 0 Å². The van der Waals surface area contributed by atoms with E-state index in [1.807, 2.05) is 0 Å². The largest absolute Gasteiger partial charge is 0.495 e. The number of fused-ring (bicyclic) bond motifs is 4. The molecule has 1 aliphatic heterocycles. The highest BCUT2D eigenvalue weighted by Crippen LogP contribution is 2.46. The maximum absolute atomic E-state index is 9.81. The fourth-order valence-corrected chi connectivity index (χ4v) is 7.47. The van der Waals surface area contributed by atoms with E-state index in [0.29, 0.717) is 6.54 Å². The standard InChI is InChI=1S/C36H42N3OS/c1-9-16-36(8,22-37-28(7)40)17-14-31-32-19-23(2)10-13-30(32)33-20-24(3)25(4)21-38(33)34(31)27(6)39-26(5)11-12-29-15-18-41-35(29)39/h9-13,15-16,18-21,31,34,37H,6-7,14,17,22H2,1-5,8H3/q+1/p+1/b16-9-/t31?,34?,36-/m1/s1. The van der Waals surface area contributed by atoms with Crippen LogP contribution in [0.4, 0.5) is 0 Å². The Labute approximate surface area is 249 Å². The fourth-order valence-electron chi connectivity index (χ4n) is 6.49. The Morgan fingerprint density at radius 1 is 1.07 bits per heavy atom. The lowest BCUT2D eigenvalue weighted by Crippen LogP contribution is -2.54. The molecule has 0 amide bonds. The van der Waals surface area contributed by atoms with E-state index in [4.69, 9.17) is 6.58 Å². The van der Waals surface area contributed by atoms with Crippen LogP contribution < -0.4 is 14.5 Å². The zero-order chi connectivity index (χ0) is 29.5. The Morgan fingerprint density at radius 2 is 1.85 bits per heavy atom. The highest BCUT2D eigenvalue weighted by Gasteiger charge is 2.47. The number of hydrogen-bond donors (Lipinski definition) is 2. The first kappa shape index (κ1) is 28.8. The first-order valence-corrected chi connectivity index (χ1v) is 15.4. The van der Waals surface area contributed by atoms with E-state index in [-0.39, 0.29) is 23.3 Å². The van der Waals surface area contributed by atoms with Gasteiger partial charge in [-0.15, -0.1) is 4.57 Å². The molecule has 2 N–H and O–H groups in total. The summed E-state index contributed by atoms with van der Waals surface area (Å²) in [4.78, 5) is 1.24. The number of nitrogens with one attached hydrogen (secondary N) is 1. The van der Waals surface area contributed by atoms with E-state index in [2.05, 4.69) is 129 Å². The average Bonchev–Trinajstić information content (AvgIpc) is 3.40. The molecule has 0 bridgehead atoms. The number of aromatic nitrogens is 2. The van der Waals surface area contributed by atoms with E-state index < -0.39 is 0 Å². The number of hydrogen-bond acceptors (Lipinski definition) is 3. The van der Waals surface area contributed by atoms with Gasteiger partial charge in [0.15, 0.2) is 17.8 Å². The van der Waals surface area contributed by atoms with Crippen LogP contribution in [0, 0.1) is 33.1 Å².